The molecule has 0 spiro atoms. The molecular weight excluding hydrogens is 244 g/mol. The Morgan fingerprint density at radius 2 is 1.75 bits per heavy atom. The van der Waals surface area contributed by atoms with Crippen molar-refractivity contribution in [3.63, 3.8) is 0 Å². The van der Waals surface area contributed by atoms with E-state index in [1.165, 1.54) is 31.2 Å². The smallest absolute Gasteiger partial charge is 0.163 e. The quantitative estimate of drug-likeness (QED) is 0.632. The lowest BCUT2D eigenvalue weighted by molar-refractivity contribution is 0.0892. The van der Waals surface area contributed by atoms with Crippen molar-refractivity contribution < 1.29 is 4.79 Å². The largest absolute Gasteiger partial charge is 0.294 e. The Labute approximate surface area is 122 Å². The number of hydrogen-bond donors (Lipinski definition) is 0. The molecule has 1 aromatic carbocycles. The van der Waals surface area contributed by atoms with Crippen LogP contribution in [-0.4, -0.2) is 5.78 Å². The predicted molar refractivity (Wildman–Crippen MR) is 83.0 cm³/mol. The lowest BCUT2D eigenvalue weighted by Gasteiger charge is -2.42. The van der Waals surface area contributed by atoms with Gasteiger partial charge in [-0.3, -0.25) is 4.79 Å². The summed E-state index contributed by atoms with van der Waals surface area (Å²) >= 11 is 0. The molecule has 3 rings (SSSR count). The van der Waals surface area contributed by atoms with E-state index < -0.39 is 0 Å². The van der Waals surface area contributed by atoms with Gasteiger partial charge in [0.25, 0.3) is 0 Å². The van der Waals surface area contributed by atoms with Gasteiger partial charge >= 0.3 is 0 Å². The lowest BCUT2D eigenvalue weighted by atomic mass is 9.62. The number of carbonyl (C=O) groups excluding carboxylic acids is 1. The summed E-state index contributed by atoms with van der Waals surface area (Å²) < 4.78 is 0. The fraction of sp³-hybridized carbons (Fsp3) is 0.632. The molecular formula is C19H26O. The molecule has 1 aromatic rings. The number of carbonyl (C=O) groups is 1. The number of Topliss-reactive ketones (excluding diaryl/α,β-unsaturated/α-hetero) is 1. The highest BCUT2D eigenvalue weighted by molar-refractivity contribution is 5.98. The van der Waals surface area contributed by atoms with Crippen LogP contribution in [0, 0.1) is 17.3 Å². The van der Waals surface area contributed by atoms with Crippen molar-refractivity contribution in [3.8, 4) is 0 Å². The maximum atomic E-state index is 12.6. The third-order valence-corrected chi connectivity index (χ3v) is 5.37. The summed E-state index contributed by atoms with van der Waals surface area (Å²) in [7, 11) is 0. The summed E-state index contributed by atoms with van der Waals surface area (Å²) in [6.45, 7) is 7.03. The molecule has 108 valence electrons. The first-order chi connectivity index (χ1) is 9.48. The van der Waals surface area contributed by atoms with Gasteiger partial charge in [-0.1, -0.05) is 57.9 Å². The highest BCUT2D eigenvalue weighted by atomic mass is 16.1. The van der Waals surface area contributed by atoms with Gasteiger partial charge in [-0.05, 0) is 41.6 Å². The van der Waals surface area contributed by atoms with E-state index in [-0.39, 0.29) is 5.41 Å². The van der Waals surface area contributed by atoms with E-state index in [1.807, 2.05) is 12.1 Å². The van der Waals surface area contributed by atoms with Gasteiger partial charge in [0, 0.05) is 12.0 Å². The van der Waals surface area contributed by atoms with Crippen LogP contribution in [0.15, 0.2) is 24.3 Å². The average molecular weight is 270 g/mol. The summed E-state index contributed by atoms with van der Waals surface area (Å²) in [4.78, 5) is 12.6. The molecule has 0 heterocycles. The van der Waals surface area contributed by atoms with E-state index in [4.69, 9.17) is 0 Å². The van der Waals surface area contributed by atoms with Crippen molar-refractivity contribution in [2.45, 2.75) is 58.8 Å². The lowest BCUT2D eigenvalue weighted by Crippen LogP contribution is -2.32. The van der Waals surface area contributed by atoms with E-state index in [0.717, 1.165) is 12.0 Å². The van der Waals surface area contributed by atoms with Gasteiger partial charge in [-0.25, -0.2) is 0 Å². The van der Waals surface area contributed by atoms with E-state index in [1.54, 1.807) is 0 Å². The Morgan fingerprint density at radius 3 is 2.50 bits per heavy atom. The number of hydrogen-bond acceptors (Lipinski definition) is 1. The van der Waals surface area contributed by atoms with Crippen LogP contribution in [0.25, 0.3) is 0 Å². The second kappa shape index (κ2) is 5.02. The fourth-order valence-corrected chi connectivity index (χ4v) is 4.64. The first kappa shape index (κ1) is 13.9. The van der Waals surface area contributed by atoms with Crippen molar-refractivity contribution >= 4 is 5.78 Å². The molecule has 1 heteroatoms. The second-order valence-corrected chi connectivity index (χ2v) is 7.77. The highest BCUT2D eigenvalue weighted by Gasteiger charge is 2.43. The van der Waals surface area contributed by atoms with Crippen molar-refractivity contribution in [2.24, 2.45) is 17.3 Å². The van der Waals surface area contributed by atoms with Gasteiger partial charge in [-0.2, -0.15) is 0 Å². The molecule has 1 fully saturated rings. The summed E-state index contributed by atoms with van der Waals surface area (Å²) in [6, 6.07) is 8.38. The van der Waals surface area contributed by atoms with Crippen LogP contribution in [-0.2, 0) is 0 Å². The number of fused-ring (bicyclic) bond motifs is 2. The fourth-order valence-electron chi connectivity index (χ4n) is 4.64. The monoisotopic (exact) mass is 270 g/mol. The molecule has 3 atom stereocenters. The van der Waals surface area contributed by atoms with Crippen LogP contribution in [0.2, 0.25) is 0 Å². The normalized spacial score (nSPS) is 30.4. The van der Waals surface area contributed by atoms with Crippen molar-refractivity contribution in [2.75, 3.05) is 0 Å². The zero-order valence-electron chi connectivity index (χ0n) is 13.0. The molecule has 0 radical (unpaired) electrons. The molecule has 1 saturated carbocycles. The Balaban J connectivity index is 2.14. The standard InChI is InChI=1S/C19H26O/c1-19(2,3)18-14-9-5-4-8-13(14)12-17(20)15-10-6-7-11-16(15)18/h6-7,10-11,13-14,18H,4-5,8-9,12H2,1-3H3. The van der Waals surface area contributed by atoms with Gasteiger partial charge in [0.1, 0.15) is 0 Å². The average Bonchev–Trinajstić information content (AvgIpc) is 2.52. The third kappa shape index (κ3) is 2.32. The van der Waals surface area contributed by atoms with Crippen LogP contribution in [0.3, 0.4) is 0 Å². The van der Waals surface area contributed by atoms with Crippen molar-refractivity contribution in [1.82, 2.24) is 0 Å². The summed E-state index contributed by atoms with van der Waals surface area (Å²) in [5.41, 5.74) is 2.54. The van der Waals surface area contributed by atoms with Gasteiger partial charge in [0.2, 0.25) is 0 Å². The van der Waals surface area contributed by atoms with Crippen LogP contribution in [0.1, 0.15) is 74.7 Å². The second-order valence-electron chi connectivity index (χ2n) is 7.77. The summed E-state index contributed by atoms with van der Waals surface area (Å²) in [5, 5.41) is 0. The van der Waals surface area contributed by atoms with E-state index in [9.17, 15) is 4.79 Å². The van der Waals surface area contributed by atoms with E-state index >= 15 is 0 Å². The van der Waals surface area contributed by atoms with E-state index in [2.05, 4.69) is 32.9 Å². The van der Waals surface area contributed by atoms with Crippen LogP contribution >= 0.6 is 0 Å². The number of rotatable bonds is 0. The minimum Gasteiger partial charge on any atom is -0.294 e. The van der Waals surface area contributed by atoms with Crippen LogP contribution in [0.4, 0.5) is 0 Å². The Hall–Kier alpha value is -1.11. The Kier molecular flexibility index (Phi) is 3.48. The topological polar surface area (TPSA) is 17.1 Å². The first-order valence-electron chi connectivity index (χ1n) is 8.10. The molecule has 20 heavy (non-hydrogen) atoms. The summed E-state index contributed by atoms with van der Waals surface area (Å²) in [6.07, 6.45) is 5.96. The van der Waals surface area contributed by atoms with Crippen molar-refractivity contribution in [1.29, 1.82) is 0 Å². The maximum absolute atomic E-state index is 12.6. The van der Waals surface area contributed by atoms with Gasteiger partial charge < -0.3 is 0 Å². The minimum absolute atomic E-state index is 0.223. The van der Waals surface area contributed by atoms with Crippen LogP contribution in [0.5, 0.6) is 0 Å². The van der Waals surface area contributed by atoms with Crippen LogP contribution < -0.4 is 0 Å². The zero-order chi connectivity index (χ0) is 14.3. The highest BCUT2D eigenvalue weighted by Crippen LogP contribution is 2.52. The zero-order valence-corrected chi connectivity index (χ0v) is 13.0. The SMILES string of the molecule is CC(C)(C)C1c2ccccc2C(=O)CC2CCCCC21. The summed E-state index contributed by atoms with van der Waals surface area (Å²) in [5.74, 6) is 2.20. The number of benzene rings is 1. The molecule has 0 N–H and O–H groups in total. The Bertz CT molecular complexity index is 509. The van der Waals surface area contributed by atoms with Gasteiger partial charge in [-0.15, -0.1) is 0 Å². The molecule has 2 aliphatic carbocycles. The molecule has 0 bridgehead atoms. The molecule has 0 aliphatic heterocycles. The number of ketones is 1. The maximum Gasteiger partial charge on any atom is 0.163 e. The molecule has 0 amide bonds. The Morgan fingerprint density at radius 1 is 1.05 bits per heavy atom. The van der Waals surface area contributed by atoms with Gasteiger partial charge in [0.15, 0.2) is 5.78 Å². The molecule has 0 saturated heterocycles. The van der Waals surface area contributed by atoms with Crippen molar-refractivity contribution in [3.05, 3.63) is 35.4 Å². The molecule has 1 nitrogen and oxygen atoms in total. The first-order valence-corrected chi connectivity index (χ1v) is 8.10. The minimum atomic E-state index is 0.223. The predicted octanol–water partition coefficient (Wildman–Crippen LogP) is 5.21. The van der Waals surface area contributed by atoms with E-state index in [0.29, 0.717) is 23.5 Å². The molecule has 3 unspecified atom stereocenters. The molecule has 0 aromatic heterocycles. The molecule has 2 aliphatic rings. The van der Waals surface area contributed by atoms with Gasteiger partial charge in [0.05, 0.1) is 0 Å². The third-order valence-electron chi connectivity index (χ3n) is 5.37.